The number of carbonyl (C=O) groups is 2. The zero-order valence-corrected chi connectivity index (χ0v) is 19.1. The molecule has 0 amide bonds. The number of hydrogen-bond donors (Lipinski definition) is 2. The summed E-state index contributed by atoms with van der Waals surface area (Å²) in [6.45, 7) is 6.54. The molecule has 0 aliphatic carbocycles. The molecule has 0 saturated heterocycles. The van der Waals surface area contributed by atoms with E-state index in [-0.39, 0.29) is 47.0 Å². The van der Waals surface area contributed by atoms with Crippen LogP contribution in [0.4, 0.5) is 0 Å². The minimum atomic E-state index is -1.24. The van der Waals surface area contributed by atoms with Gasteiger partial charge in [-0.25, -0.2) is 0 Å². The fourth-order valence-corrected chi connectivity index (χ4v) is 2.51. The predicted octanol–water partition coefficient (Wildman–Crippen LogP) is 6.12. The SMILES string of the molecule is CCCCCC(C(=O)O)C(=O)O.CCCCCCCCCCCC.[Ca+2].[H-].[H-]. The van der Waals surface area contributed by atoms with Crippen molar-refractivity contribution in [3.8, 4) is 0 Å². The third kappa shape index (κ3) is 24.2. The Balaban J connectivity index is -0.000000108. The number of unbranched alkanes of at least 4 members (excludes halogenated alkanes) is 11. The van der Waals surface area contributed by atoms with E-state index >= 15 is 0 Å². The maximum Gasteiger partial charge on any atom is 2.00 e. The van der Waals surface area contributed by atoms with Crippen molar-refractivity contribution in [1.29, 1.82) is 0 Å². The van der Waals surface area contributed by atoms with Gasteiger partial charge in [-0.1, -0.05) is 104 Å². The fraction of sp³-hybridized carbons (Fsp3) is 0.900. The van der Waals surface area contributed by atoms with Crippen LogP contribution >= 0.6 is 0 Å². The number of carboxylic acids is 2. The molecule has 5 heteroatoms. The van der Waals surface area contributed by atoms with Crippen LogP contribution in [0.2, 0.25) is 0 Å². The van der Waals surface area contributed by atoms with Crippen LogP contribution in [0.5, 0.6) is 0 Å². The van der Waals surface area contributed by atoms with Crippen molar-refractivity contribution in [2.75, 3.05) is 0 Å². The molecule has 148 valence electrons. The van der Waals surface area contributed by atoms with E-state index in [1.54, 1.807) is 0 Å². The molecular formula is C20H42CaO4. The molecule has 0 fully saturated rings. The van der Waals surface area contributed by atoms with E-state index in [1.807, 2.05) is 6.92 Å². The zero-order chi connectivity index (χ0) is 18.6. The minimum Gasteiger partial charge on any atom is -1.00 e. The predicted molar refractivity (Wildman–Crippen MR) is 108 cm³/mol. The summed E-state index contributed by atoms with van der Waals surface area (Å²) in [5.74, 6) is -3.70. The van der Waals surface area contributed by atoms with Crippen LogP contribution in [-0.4, -0.2) is 59.9 Å². The van der Waals surface area contributed by atoms with Crippen molar-refractivity contribution < 1.29 is 22.7 Å². The van der Waals surface area contributed by atoms with Gasteiger partial charge in [-0.15, -0.1) is 0 Å². The summed E-state index contributed by atoms with van der Waals surface area (Å²) in [4.78, 5) is 20.7. The molecule has 0 rings (SSSR count). The molecule has 0 bridgehead atoms. The van der Waals surface area contributed by atoms with E-state index in [4.69, 9.17) is 10.2 Å². The van der Waals surface area contributed by atoms with Crippen molar-refractivity contribution in [2.24, 2.45) is 5.92 Å². The van der Waals surface area contributed by atoms with Crippen molar-refractivity contribution in [3.63, 3.8) is 0 Å². The van der Waals surface area contributed by atoms with Crippen molar-refractivity contribution in [1.82, 2.24) is 0 Å². The van der Waals surface area contributed by atoms with E-state index in [0.29, 0.717) is 6.42 Å². The standard InChI is InChI=1S/C12H26.C8H14O4.Ca.2H/c1-3-5-7-9-11-12-10-8-6-4-2;1-2-3-4-5-6(7(9)10)8(11)12;;;/h3-12H2,1-2H3;6H,2-5H2,1H3,(H,9,10)(H,11,12);;;/q;;+2;2*-1. The molecule has 0 aromatic carbocycles. The Morgan fingerprint density at radius 2 is 0.920 bits per heavy atom. The Hall–Kier alpha value is 0.200. The van der Waals surface area contributed by atoms with Gasteiger partial charge in [0.15, 0.2) is 5.92 Å². The molecule has 0 aliphatic rings. The van der Waals surface area contributed by atoms with Crippen LogP contribution < -0.4 is 0 Å². The van der Waals surface area contributed by atoms with Gasteiger partial charge in [0.2, 0.25) is 0 Å². The average Bonchev–Trinajstić information content (AvgIpc) is 2.54. The Labute approximate surface area is 188 Å². The average molecular weight is 387 g/mol. The number of aliphatic carboxylic acids is 2. The molecule has 0 unspecified atom stereocenters. The molecule has 0 aromatic rings. The van der Waals surface area contributed by atoms with E-state index in [1.165, 1.54) is 64.2 Å². The second-order valence-electron chi connectivity index (χ2n) is 6.55. The molecule has 4 nitrogen and oxygen atoms in total. The van der Waals surface area contributed by atoms with Gasteiger partial charge in [0.1, 0.15) is 0 Å². The smallest absolute Gasteiger partial charge is 1.00 e. The van der Waals surface area contributed by atoms with Crippen LogP contribution in [0.15, 0.2) is 0 Å². The summed E-state index contributed by atoms with van der Waals surface area (Å²) in [5.41, 5.74) is 0. The molecule has 25 heavy (non-hydrogen) atoms. The fourth-order valence-electron chi connectivity index (χ4n) is 2.51. The number of hydrogen-bond acceptors (Lipinski definition) is 2. The maximum absolute atomic E-state index is 10.4. The van der Waals surface area contributed by atoms with Crippen molar-refractivity contribution in [2.45, 2.75) is 111 Å². The molecule has 0 aromatic heterocycles. The second kappa shape index (κ2) is 24.2. The Morgan fingerprint density at radius 3 is 1.20 bits per heavy atom. The molecule has 0 atom stereocenters. The Kier molecular flexibility index (Phi) is 29.0. The third-order valence-electron chi connectivity index (χ3n) is 4.15. The Morgan fingerprint density at radius 1 is 0.640 bits per heavy atom. The quantitative estimate of drug-likeness (QED) is 0.202. The van der Waals surface area contributed by atoms with Crippen LogP contribution in [0.25, 0.3) is 0 Å². The summed E-state index contributed by atoms with van der Waals surface area (Å²) in [7, 11) is 0. The first-order valence-corrected chi connectivity index (χ1v) is 9.96. The first kappa shape index (κ1) is 29.9. The van der Waals surface area contributed by atoms with E-state index in [2.05, 4.69) is 13.8 Å². The number of carboxylic acid groups (broad SMARTS) is 2. The number of rotatable bonds is 15. The van der Waals surface area contributed by atoms with Crippen LogP contribution in [-0.2, 0) is 9.59 Å². The Bertz CT molecular complexity index is 282. The maximum atomic E-state index is 10.4. The third-order valence-corrected chi connectivity index (χ3v) is 4.15. The molecule has 0 spiro atoms. The first-order chi connectivity index (χ1) is 11.5. The van der Waals surface area contributed by atoms with Crippen molar-refractivity contribution in [3.05, 3.63) is 0 Å². The normalized spacial score (nSPS) is 9.92. The van der Waals surface area contributed by atoms with Crippen LogP contribution in [0.1, 0.15) is 114 Å². The van der Waals surface area contributed by atoms with Crippen molar-refractivity contribution >= 4 is 49.7 Å². The van der Waals surface area contributed by atoms with Gasteiger partial charge >= 0.3 is 49.7 Å². The second-order valence-corrected chi connectivity index (χ2v) is 6.55. The van der Waals surface area contributed by atoms with Gasteiger partial charge in [-0.05, 0) is 6.42 Å². The molecule has 0 radical (unpaired) electrons. The summed E-state index contributed by atoms with van der Waals surface area (Å²) < 4.78 is 0. The molecule has 0 saturated carbocycles. The zero-order valence-electron chi connectivity index (χ0n) is 18.9. The molecular weight excluding hydrogens is 344 g/mol. The van der Waals surface area contributed by atoms with Crippen LogP contribution in [0.3, 0.4) is 0 Å². The van der Waals surface area contributed by atoms with E-state index < -0.39 is 17.9 Å². The summed E-state index contributed by atoms with van der Waals surface area (Å²) in [6, 6.07) is 0. The van der Waals surface area contributed by atoms with Gasteiger partial charge in [0.05, 0.1) is 0 Å². The monoisotopic (exact) mass is 386 g/mol. The van der Waals surface area contributed by atoms with Gasteiger partial charge < -0.3 is 13.1 Å². The first-order valence-electron chi connectivity index (χ1n) is 9.96. The molecule has 0 aliphatic heterocycles. The van der Waals surface area contributed by atoms with Gasteiger partial charge in [-0.2, -0.15) is 0 Å². The van der Waals surface area contributed by atoms with Crippen LogP contribution in [0, 0.1) is 5.92 Å². The summed E-state index contributed by atoms with van der Waals surface area (Å²) in [5, 5.41) is 16.9. The van der Waals surface area contributed by atoms with Gasteiger partial charge in [0, 0.05) is 0 Å². The van der Waals surface area contributed by atoms with Gasteiger partial charge in [0.25, 0.3) is 0 Å². The van der Waals surface area contributed by atoms with Gasteiger partial charge in [-0.3, -0.25) is 9.59 Å². The minimum absolute atomic E-state index is 0. The topological polar surface area (TPSA) is 74.6 Å². The summed E-state index contributed by atoms with van der Waals surface area (Å²) >= 11 is 0. The molecule has 2 N–H and O–H groups in total. The molecule has 0 heterocycles. The largest absolute Gasteiger partial charge is 2.00 e. The van der Waals surface area contributed by atoms with E-state index in [0.717, 1.165) is 12.8 Å². The summed E-state index contributed by atoms with van der Waals surface area (Å²) in [6.07, 6.45) is 17.2. The van der Waals surface area contributed by atoms with E-state index in [9.17, 15) is 9.59 Å².